The van der Waals surface area contributed by atoms with Gasteiger partial charge >= 0.3 is 0 Å². The van der Waals surface area contributed by atoms with Gasteiger partial charge in [0, 0.05) is 0 Å². The summed E-state index contributed by atoms with van der Waals surface area (Å²) in [4.78, 5) is 0. The zero-order valence-corrected chi connectivity index (χ0v) is 20.9. The lowest BCUT2D eigenvalue weighted by atomic mass is 9.47. The van der Waals surface area contributed by atoms with Gasteiger partial charge in [-0.25, -0.2) is 0 Å². The van der Waals surface area contributed by atoms with E-state index in [1.54, 1.807) is 5.57 Å². The van der Waals surface area contributed by atoms with E-state index in [4.69, 9.17) is 0 Å². The van der Waals surface area contributed by atoms with Gasteiger partial charge in [-0.15, -0.1) is 0 Å². The molecule has 0 aromatic rings. The zero-order valence-electron chi connectivity index (χ0n) is 20.9. The summed E-state index contributed by atoms with van der Waals surface area (Å²) < 4.78 is 0. The third kappa shape index (κ3) is 3.74. The molecule has 0 radical (unpaired) electrons. The van der Waals surface area contributed by atoms with Crippen LogP contribution in [0.5, 0.6) is 0 Å². The van der Waals surface area contributed by atoms with Gasteiger partial charge < -0.3 is 5.11 Å². The van der Waals surface area contributed by atoms with Crippen LogP contribution >= 0.6 is 0 Å². The lowest BCUT2D eigenvalue weighted by molar-refractivity contribution is -0.0575. The summed E-state index contributed by atoms with van der Waals surface area (Å²) in [5.41, 5.74) is 2.59. The number of fused-ring (bicyclic) bond motifs is 5. The molecular weight excluding hydrogens is 364 g/mol. The fraction of sp³-hybridized carbons (Fsp3) is 0.931. The van der Waals surface area contributed by atoms with E-state index in [9.17, 15) is 5.11 Å². The van der Waals surface area contributed by atoms with Crippen LogP contribution in [0.1, 0.15) is 112 Å². The van der Waals surface area contributed by atoms with Gasteiger partial charge in [0.25, 0.3) is 0 Å². The number of hydrogen-bond acceptors (Lipinski definition) is 1. The van der Waals surface area contributed by atoms with Crippen molar-refractivity contribution in [1.82, 2.24) is 0 Å². The smallest absolute Gasteiger partial charge is 0.0577 e. The van der Waals surface area contributed by atoms with Crippen LogP contribution in [-0.4, -0.2) is 11.2 Å². The highest BCUT2D eigenvalue weighted by atomic mass is 16.3. The standard InChI is InChI=1S/C29H50O/c1-7-21(19(2)3)9-8-20(4)25-12-13-26-24-11-10-22-18-23(30)14-16-28(22,5)27(24)15-17-29(25,26)6/h10,19-21,23-27,30H,7-9,11-18H2,1-6H3/t20-,21-,23+,24-,25-,26-,27-,28+,29-/m1/s1. The second kappa shape index (κ2) is 8.57. The van der Waals surface area contributed by atoms with E-state index in [1.165, 1.54) is 57.8 Å². The molecule has 0 amide bonds. The van der Waals surface area contributed by atoms with E-state index in [2.05, 4.69) is 47.6 Å². The molecule has 0 aromatic carbocycles. The van der Waals surface area contributed by atoms with Crippen LogP contribution in [-0.2, 0) is 0 Å². The van der Waals surface area contributed by atoms with Gasteiger partial charge in [0.2, 0.25) is 0 Å². The number of hydrogen-bond donors (Lipinski definition) is 1. The summed E-state index contributed by atoms with van der Waals surface area (Å²) in [5, 5.41) is 10.2. The zero-order chi connectivity index (χ0) is 21.7. The maximum Gasteiger partial charge on any atom is 0.0577 e. The first kappa shape index (κ1) is 22.9. The van der Waals surface area contributed by atoms with Crippen LogP contribution in [0.3, 0.4) is 0 Å². The highest BCUT2D eigenvalue weighted by molar-refractivity contribution is 5.25. The predicted octanol–water partition coefficient (Wildman–Crippen LogP) is 8.02. The molecule has 30 heavy (non-hydrogen) atoms. The largest absolute Gasteiger partial charge is 0.393 e. The average Bonchev–Trinajstić information content (AvgIpc) is 3.06. The van der Waals surface area contributed by atoms with Crippen LogP contribution < -0.4 is 0 Å². The SMILES string of the molecule is CC[C@H](CC[C@@H](C)[C@H]1CC[C@@H]2[C@H]3CC=C4C[C@@H](O)CC[C@]4(C)[C@@H]3CC[C@@]21C)C(C)C. The Morgan fingerprint density at radius 1 is 1.00 bits per heavy atom. The highest BCUT2D eigenvalue weighted by Crippen LogP contribution is 2.67. The molecule has 4 aliphatic rings. The molecule has 4 aliphatic carbocycles. The number of aliphatic hydroxyl groups is 1. The molecule has 1 N–H and O–H groups in total. The summed E-state index contributed by atoms with van der Waals surface area (Å²) >= 11 is 0. The Morgan fingerprint density at radius 2 is 1.77 bits per heavy atom. The van der Waals surface area contributed by atoms with Crippen molar-refractivity contribution in [2.45, 2.75) is 118 Å². The first-order valence-electron chi connectivity index (χ1n) is 13.6. The van der Waals surface area contributed by atoms with Crippen LogP contribution in [0.4, 0.5) is 0 Å². The maximum absolute atomic E-state index is 10.2. The van der Waals surface area contributed by atoms with Crippen LogP contribution in [0, 0.1) is 52.3 Å². The molecule has 172 valence electrons. The Labute approximate surface area is 187 Å². The molecule has 4 rings (SSSR count). The van der Waals surface area contributed by atoms with Gasteiger partial charge in [0.1, 0.15) is 0 Å². The molecule has 9 atom stereocenters. The van der Waals surface area contributed by atoms with Crippen LogP contribution in [0.25, 0.3) is 0 Å². The summed E-state index contributed by atoms with van der Waals surface area (Å²) in [6.07, 6.45) is 17.1. The van der Waals surface area contributed by atoms with Crippen molar-refractivity contribution in [1.29, 1.82) is 0 Å². The number of rotatable bonds is 6. The van der Waals surface area contributed by atoms with Crippen LogP contribution in [0.2, 0.25) is 0 Å². The lowest BCUT2D eigenvalue weighted by Crippen LogP contribution is -2.50. The van der Waals surface area contributed by atoms with Gasteiger partial charge in [-0.05, 0) is 110 Å². The van der Waals surface area contributed by atoms with Crippen molar-refractivity contribution in [3.05, 3.63) is 11.6 Å². The van der Waals surface area contributed by atoms with Gasteiger partial charge in [-0.1, -0.05) is 66.0 Å². The van der Waals surface area contributed by atoms with Gasteiger partial charge in [-0.2, -0.15) is 0 Å². The Bertz CT molecular complexity index is 634. The predicted molar refractivity (Wildman–Crippen MR) is 128 cm³/mol. The Kier molecular flexibility index (Phi) is 6.53. The average molecular weight is 415 g/mol. The second-order valence-corrected chi connectivity index (χ2v) is 12.9. The topological polar surface area (TPSA) is 20.2 Å². The molecule has 0 saturated heterocycles. The summed E-state index contributed by atoms with van der Waals surface area (Å²) in [6, 6.07) is 0. The molecule has 0 aromatic heterocycles. The number of allylic oxidation sites excluding steroid dienone is 1. The number of aliphatic hydroxyl groups excluding tert-OH is 1. The van der Waals surface area contributed by atoms with E-state index >= 15 is 0 Å². The molecule has 0 aliphatic heterocycles. The van der Waals surface area contributed by atoms with E-state index in [1.807, 2.05) is 0 Å². The minimum atomic E-state index is -0.0794. The Hall–Kier alpha value is -0.300. The molecule has 0 heterocycles. The summed E-state index contributed by atoms with van der Waals surface area (Å²) in [6.45, 7) is 15.1. The first-order chi connectivity index (χ1) is 14.2. The van der Waals surface area contributed by atoms with Crippen molar-refractivity contribution in [3.63, 3.8) is 0 Å². The maximum atomic E-state index is 10.2. The monoisotopic (exact) mass is 414 g/mol. The Morgan fingerprint density at radius 3 is 2.47 bits per heavy atom. The molecule has 0 spiro atoms. The quantitative estimate of drug-likeness (QED) is 0.436. The fourth-order valence-corrected chi connectivity index (χ4v) is 9.30. The molecule has 0 unspecified atom stereocenters. The third-order valence-electron chi connectivity index (χ3n) is 11.3. The fourth-order valence-electron chi connectivity index (χ4n) is 9.30. The summed E-state index contributed by atoms with van der Waals surface area (Å²) in [5.74, 6) is 6.31. The molecule has 3 saturated carbocycles. The van der Waals surface area contributed by atoms with E-state index in [0.717, 1.165) is 54.3 Å². The molecule has 0 bridgehead atoms. The third-order valence-corrected chi connectivity index (χ3v) is 11.3. The van der Waals surface area contributed by atoms with Crippen LogP contribution in [0.15, 0.2) is 11.6 Å². The van der Waals surface area contributed by atoms with Crippen molar-refractivity contribution in [3.8, 4) is 0 Å². The molecule has 3 fully saturated rings. The lowest BCUT2D eigenvalue weighted by Gasteiger charge is -2.58. The molecule has 1 heteroatoms. The van der Waals surface area contributed by atoms with Gasteiger partial charge in [-0.3, -0.25) is 0 Å². The van der Waals surface area contributed by atoms with Crippen molar-refractivity contribution < 1.29 is 5.11 Å². The van der Waals surface area contributed by atoms with Crippen molar-refractivity contribution in [2.24, 2.45) is 52.3 Å². The van der Waals surface area contributed by atoms with Crippen molar-refractivity contribution in [2.75, 3.05) is 0 Å². The second-order valence-electron chi connectivity index (χ2n) is 12.9. The Balaban J connectivity index is 1.47. The summed E-state index contributed by atoms with van der Waals surface area (Å²) in [7, 11) is 0. The van der Waals surface area contributed by atoms with E-state index in [-0.39, 0.29) is 6.10 Å². The van der Waals surface area contributed by atoms with Gasteiger partial charge in [0.15, 0.2) is 0 Å². The normalized spacial score (nSPS) is 45.3. The highest BCUT2D eigenvalue weighted by Gasteiger charge is 2.59. The van der Waals surface area contributed by atoms with Gasteiger partial charge in [0.05, 0.1) is 6.10 Å². The molecular formula is C29H50O. The minimum Gasteiger partial charge on any atom is -0.393 e. The van der Waals surface area contributed by atoms with Crippen molar-refractivity contribution >= 4 is 0 Å². The van der Waals surface area contributed by atoms with E-state index in [0.29, 0.717) is 10.8 Å². The van der Waals surface area contributed by atoms with E-state index < -0.39 is 0 Å². The first-order valence-corrected chi connectivity index (χ1v) is 13.6. The molecule has 1 nitrogen and oxygen atoms in total. The minimum absolute atomic E-state index is 0.0794.